The zero-order chi connectivity index (χ0) is 12.7. The number of nitrogens with one attached hydrogen (secondary N) is 2. The Morgan fingerprint density at radius 3 is 2.82 bits per heavy atom. The monoisotopic (exact) mass is 238 g/mol. The lowest BCUT2D eigenvalue weighted by Crippen LogP contribution is -2.31. The highest BCUT2D eigenvalue weighted by Gasteiger charge is 2.03. The molecule has 0 aliphatic heterocycles. The van der Waals surface area contributed by atoms with Crippen LogP contribution in [0.4, 0.5) is 0 Å². The minimum absolute atomic E-state index is 0.0901. The van der Waals surface area contributed by atoms with E-state index in [9.17, 15) is 4.79 Å². The molecule has 0 aromatic carbocycles. The van der Waals surface area contributed by atoms with Crippen LogP contribution < -0.4 is 10.6 Å². The molecule has 1 aromatic heterocycles. The van der Waals surface area contributed by atoms with E-state index in [1.807, 2.05) is 17.8 Å². The first kappa shape index (κ1) is 13.7. The quantitative estimate of drug-likeness (QED) is 0.726. The van der Waals surface area contributed by atoms with Crippen molar-refractivity contribution in [2.45, 2.75) is 32.7 Å². The summed E-state index contributed by atoms with van der Waals surface area (Å²) >= 11 is 0. The topological polar surface area (TPSA) is 59.0 Å². The van der Waals surface area contributed by atoms with Crippen molar-refractivity contribution in [3.05, 3.63) is 18.2 Å². The number of amides is 1. The van der Waals surface area contributed by atoms with Crippen molar-refractivity contribution in [3.63, 3.8) is 0 Å². The number of aromatic nitrogens is 2. The van der Waals surface area contributed by atoms with Crippen LogP contribution in [0.2, 0.25) is 0 Å². The lowest BCUT2D eigenvalue weighted by Gasteiger charge is -2.08. The first-order valence-electron chi connectivity index (χ1n) is 6.06. The maximum atomic E-state index is 11.5. The smallest absolute Gasteiger partial charge is 0.221 e. The largest absolute Gasteiger partial charge is 0.356 e. The van der Waals surface area contributed by atoms with Crippen molar-refractivity contribution in [1.82, 2.24) is 20.2 Å². The van der Waals surface area contributed by atoms with E-state index >= 15 is 0 Å². The molecule has 96 valence electrons. The summed E-state index contributed by atoms with van der Waals surface area (Å²) < 4.78 is 1.96. The van der Waals surface area contributed by atoms with Crippen LogP contribution in [0.1, 0.15) is 26.1 Å². The maximum absolute atomic E-state index is 11.5. The van der Waals surface area contributed by atoms with Crippen LogP contribution in [0.25, 0.3) is 0 Å². The minimum Gasteiger partial charge on any atom is -0.356 e. The Bertz CT molecular complexity index is 346. The molecule has 0 bridgehead atoms. The Kier molecular flexibility index (Phi) is 5.69. The standard InChI is InChI=1S/C12H22N4O/c1-10(2)13-7-5-12(17)15-6-4-11-14-8-9-16(11)3/h8-10,13H,4-7H2,1-3H3,(H,15,17). The van der Waals surface area contributed by atoms with Gasteiger partial charge in [-0.15, -0.1) is 0 Å². The van der Waals surface area contributed by atoms with Gasteiger partial charge in [0.1, 0.15) is 5.82 Å². The molecular formula is C12H22N4O. The molecule has 1 amide bonds. The van der Waals surface area contributed by atoms with Gasteiger partial charge in [0.05, 0.1) is 0 Å². The van der Waals surface area contributed by atoms with Gasteiger partial charge in [-0.05, 0) is 0 Å². The minimum atomic E-state index is 0.0901. The van der Waals surface area contributed by atoms with Crippen LogP contribution in [-0.4, -0.2) is 34.6 Å². The second-order valence-electron chi connectivity index (χ2n) is 4.41. The molecule has 0 aliphatic rings. The van der Waals surface area contributed by atoms with Gasteiger partial charge in [0.25, 0.3) is 0 Å². The van der Waals surface area contributed by atoms with Gasteiger partial charge in [-0.25, -0.2) is 4.98 Å². The van der Waals surface area contributed by atoms with Crippen molar-refractivity contribution in [2.24, 2.45) is 7.05 Å². The van der Waals surface area contributed by atoms with Crippen molar-refractivity contribution in [3.8, 4) is 0 Å². The molecule has 0 fully saturated rings. The van der Waals surface area contributed by atoms with Crippen molar-refractivity contribution >= 4 is 5.91 Å². The SMILES string of the molecule is CC(C)NCCC(=O)NCCc1nccn1C. The summed E-state index contributed by atoms with van der Waals surface area (Å²) in [5.74, 6) is 1.08. The molecule has 5 nitrogen and oxygen atoms in total. The molecule has 1 aromatic rings. The number of nitrogens with zero attached hydrogens (tertiary/aromatic N) is 2. The molecule has 0 atom stereocenters. The van der Waals surface area contributed by atoms with Gasteiger partial charge in [-0.2, -0.15) is 0 Å². The van der Waals surface area contributed by atoms with Gasteiger partial charge < -0.3 is 15.2 Å². The normalized spacial score (nSPS) is 10.8. The zero-order valence-corrected chi connectivity index (χ0v) is 10.9. The molecule has 1 heterocycles. The average molecular weight is 238 g/mol. The van der Waals surface area contributed by atoms with Gasteiger partial charge in [-0.3, -0.25) is 4.79 Å². The van der Waals surface area contributed by atoms with Gasteiger partial charge in [-0.1, -0.05) is 13.8 Å². The first-order valence-corrected chi connectivity index (χ1v) is 6.06. The lowest BCUT2D eigenvalue weighted by atomic mass is 10.3. The summed E-state index contributed by atoms with van der Waals surface area (Å²) in [6.07, 6.45) is 4.97. The molecule has 0 unspecified atom stereocenters. The van der Waals surface area contributed by atoms with Gasteiger partial charge in [0.2, 0.25) is 5.91 Å². The highest BCUT2D eigenvalue weighted by atomic mass is 16.1. The van der Waals surface area contributed by atoms with Crippen molar-refractivity contribution in [2.75, 3.05) is 13.1 Å². The second kappa shape index (κ2) is 7.06. The van der Waals surface area contributed by atoms with E-state index in [-0.39, 0.29) is 5.91 Å². The molecule has 0 saturated carbocycles. The molecule has 0 aliphatic carbocycles. The van der Waals surface area contributed by atoms with E-state index in [0.717, 1.165) is 18.8 Å². The fraction of sp³-hybridized carbons (Fsp3) is 0.667. The highest BCUT2D eigenvalue weighted by molar-refractivity contribution is 5.76. The summed E-state index contributed by atoms with van der Waals surface area (Å²) in [6.45, 7) is 5.51. The predicted molar refractivity (Wildman–Crippen MR) is 67.7 cm³/mol. The molecular weight excluding hydrogens is 216 g/mol. The first-order chi connectivity index (χ1) is 8.09. The van der Waals surface area contributed by atoms with E-state index in [1.54, 1.807) is 6.20 Å². The van der Waals surface area contributed by atoms with E-state index in [1.165, 1.54) is 0 Å². The Morgan fingerprint density at radius 1 is 1.47 bits per heavy atom. The predicted octanol–water partition coefficient (Wildman–Crippen LogP) is 0.467. The summed E-state index contributed by atoms with van der Waals surface area (Å²) in [4.78, 5) is 15.7. The summed E-state index contributed by atoms with van der Waals surface area (Å²) in [6, 6.07) is 0.426. The van der Waals surface area contributed by atoms with Crippen molar-refractivity contribution in [1.29, 1.82) is 0 Å². The fourth-order valence-corrected chi connectivity index (χ4v) is 1.51. The third-order valence-corrected chi connectivity index (χ3v) is 2.50. The second-order valence-corrected chi connectivity index (χ2v) is 4.41. The fourth-order valence-electron chi connectivity index (χ4n) is 1.51. The average Bonchev–Trinajstić information content (AvgIpc) is 2.64. The Balaban J connectivity index is 2.10. The number of rotatable bonds is 7. The van der Waals surface area contributed by atoms with Crippen LogP contribution in [0.5, 0.6) is 0 Å². The number of hydrogen-bond donors (Lipinski definition) is 2. The van der Waals surface area contributed by atoms with E-state index in [4.69, 9.17) is 0 Å². The summed E-state index contributed by atoms with van der Waals surface area (Å²) in [5.41, 5.74) is 0. The van der Waals surface area contributed by atoms with Gasteiger partial charge >= 0.3 is 0 Å². The third kappa shape index (κ3) is 5.49. The Morgan fingerprint density at radius 2 is 2.24 bits per heavy atom. The molecule has 0 spiro atoms. The zero-order valence-electron chi connectivity index (χ0n) is 10.9. The van der Waals surface area contributed by atoms with E-state index in [0.29, 0.717) is 19.0 Å². The van der Waals surface area contributed by atoms with Gasteiger partial charge in [0.15, 0.2) is 0 Å². The molecule has 1 rings (SSSR count). The summed E-state index contributed by atoms with van der Waals surface area (Å²) in [5, 5.41) is 6.10. The Hall–Kier alpha value is -1.36. The van der Waals surface area contributed by atoms with E-state index < -0.39 is 0 Å². The third-order valence-electron chi connectivity index (χ3n) is 2.50. The summed E-state index contributed by atoms with van der Waals surface area (Å²) in [7, 11) is 1.96. The van der Waals surface area contributed by atoms with Crippen LogP contribution in [0, 0.1) is 0 Å². The number of imidazole rings is 1. The Labute approximate surface area is 103 Å². The molecule has 0 saturated heterocycles. The lowest BCUT2D eigenvalue weighted by molar-refractivity contribution is -0.120. The van der Waals surface area contributed by atoms with Crippen LogP contribution in [0.3, 0.4) is 0 Å². The van der Waals surface area contributed by atoms with Crippen LogP contribution in [0.15, 0.2) is 12.4 Å². The number of hydrogen-bond acceptors (Lipinski definition) is 3. The number of carbonyl (C=O) groups is 1. The number of aryl methyl sites for hydroxylation is 1. The van der Waals surface area contributed by atoms with Gasteiger partial charge in [0, 0.05) is 51.4 Å². The van der Waals surface area contributed by atoms with Crippen molar-refractivity contribution < 1.29 is 4.79 Å². The molecule has 5 heteroatoms. The molecule has 0 radical (unpaired) electrons. The van der Waals surface area contributed by atoms with Crippen LogP contribution >= 0.6 is 0 Å². The van der Waals surface area contributed by atoms with Crippen LogP contribution in [-0.2, 0) is 18.3 Å². The highest BCUT2D eigenvalue weighted by Crippen LogP contribution is 1.94. The maximum Gasteiger partial charge on any atom is 0.221 e. The molecule has 17 heavy (non-hydrogen) atoms. The van der Waals surface area contributed by atoms with E-state index in [2.05, 4.69) is 29.5 Å². The number of carbonyl (C=O) groups excluding carboxylic acids is 1. The molecule has 2 N–H and O–H groups in total.